The van der Waals surface area contributed by atoms with Crippen LogP contribution >= 0.6 is 0 Å². The second-order valence-electron chi connectivity index (χ2n) is 15.0. The quantitative estimate of drug-likeness (QED) is 0.0382. The lowest BCUT2D eigenvalue weighted by Gasteiger charge is -2.23. The summed E-state index contributed by atoms with van der Waals surface area (Å²) in [6.07, 6.45) is 10.2. The molecule has 4 N–H and O–H groups in total. The number of fused-ring (bicyclic) bond motifs is 1. The smallest absolute Gasteiger partial charge is 0.305 e. The number of aromatic nitrogens is 4. The van der Waals surface area contributed by atoms with Crippen molar-refractivity contribution in [3.05, 3.63) is 108 Å². The number of nitrogens with zero attached hydrogens (tertiary/aromatic N) is 4. The van der Waals surface area contributed by atoms with Gasteiger partial charge in [-0.3, -0.25) is 14.4 Å². The highest BCUT2D eigenvalue weighted by Gasteiger charge is 2.21. The average Bonchev–Trinajstić information content (AvgIpc) is 3.67. The summed E-state index contributed by atoms with van der Waals surface area (Å²) in [5.74, 6) is -0.458. The fraction of sp³-hybridized carbons (Fsp3) is 0.435. The van der Waals surface area contributed by atoms with Gasteiger partial charge in [0.15, 0.2) is 0 Å². The fourth-order valence-electron chi connectivity index (χ4n) is 6.46. The summed E-state index contributed by atoms with van der Waals surface area (Å²) in [6, 6.07) is 14.7. The van der Waals surface area contributed by atoms with Crippen molar-refractivity contribution in [1.82, 2.24) is 30.6 Å². The maximum absolute atomic E-state index is 12.8. The minimum atomic E-state index is -1.10. The van der Waals surface area contributed by atoms with Crippen LogP contribution in [0.15, 0.2) is 91.3 Å². The number of hydrogen-bond donors (Lipinski definition) is 4. The van der Waals surface area contributed by atoms with Crippen molar-refractivity contribution < 1.29 is 38.4 Å². The number of hydrogen-bond acceptors (Lipinski definition) is 11. The molecule has 2 heterocycles. The van der Waals surface area contributed by atoms with Crippen LogP contribution in [0.2, 0.25) is 0 Å². The number of aryl methyl sites for hydroxylation is 1. The molecule has 0 aliphatic rings. The molecule has 0 spiro atoms. The summed E-state index contributed by atoms with van der Waals surface area (Å²) in [5.41, 5.74) is 3.87. The molecule has 0 unspecified atom stereocenters. The van der Waals surface area contributed by atoms with Crippen LogP contribution in [0.4, 0.5) is 5.82 Å². The van der Waals surface area contributed by atoms with Crippen molar-refractivity contribution in [2.45, 2.75) is 78.5 Å². The largest absolute Gasteiger partial charge is 0.491 e. The van der Waals surface area contributed by atoms with Gasteiger partial charge in [0.25, 0.3) is 0 Å². The second kappa shape index (κ2) is 25.0. The number of carbonyl (C=O) groups is 3. The number of pyridine rings is 1. The highest BCUT2D eigenvalue weighted by Crippen LogP contribution is 2.33. The van der Waals surface area contributed by atoms with Crippen molar-refractivity contribution in [2.75, 3.05) is 58.0 Å². The molecular formula is C46H61N7O8. The third-order valence-electron chi connectivity index (χ3n) is 9.44. The monoisotopic (exact) mass is 839 g/mol. The van der Waals surface area contributed by atoms with Crippen molar-refractivity contribution in [3.63, 3.8) is 0 Å². The van der Waals surface area contributed by atoms with Crippen LogP contribution in [0.1, 0.15) is 63.8 Å². The molecule has 0 fully saturated rings. The Kier molecular flexibility index (Phi) is 19.6. The maximum atomic E-state index is 12.8. The Morgan fingerprint density at radius 1 is 0.984 bits per heavy atom. The summed E-state index contributed by atoms with van der Waals surface area (Å²) in [6.45, 7) is 17.6. The first-order valence-electron chi connectivity index (χ1n) is 20.7. The SMILES string of the molecule is C=C(/C=C\C(=C/C)c1ccc(OCCOCCOCCn2cc(CC(C)(C)OCC)nn2)c2ccccc12)[C@H](CC(=O)O)NC(=O)CNC(=O)CCCNc1cc(C)ccn1. The number of carboxylic acids is 1. The van der Waals surface area contributed by atoms with E-state index in [9.17, 15) is 19.5 Å². The third-order valence-corrected chi connectivity index (χ3v) is 9.44. The first-order valence-corrected chi connectivity index (χ1v) is 20.7. The first-order chi connectivity index (χ1) is 29.4. The first kappa shape index (κ1) is 47.8. The van der Waals surface area contributed by atoms with Gasteiger partial charge < -0.3 is 40.0 Å². The number of carbonyl (C=O) groups excluding carboxylic acids is 2. The predicted molar refractivity (Wildman–Crippen MR) is 236 cm³/mol. The molecule has 61 heavy (non-hydrogen) atoms. The van der Waals surface area contributed by atoms with Gasteiger partial charge in [-0.2, -0.15) is 0 Å². The second-order valence-corrected chi connectivity index (χ2v) is 15.0. The van der Waals surface area contributed by atoms with Gasteiger partial charge in [-0.05, 0) is 86.9 Å². The van der Waals surface area contributed by atoms with Gasteiger partial charge in [-0.25, -0.2) is 9.67 Å². The van der Waals surface area contributed by atoms with E-state index in [2.05, 4.69) is 37.8 Å². The standard InChI is InChI=1S/C46H61N7O8/c1-7-35(16-15-34(4)40(29-45(56)57)50-44(55)31-49-43(54)14-11-20-47-42-28-33(3)19-21-48-42)37-17-18-41(39-13-10-9-12-38(37)39)60-27-26-59-25-24-58-23-22-53-32-36(51-52-53)30-46(5,6)61-8-2/h7,9-10,12-13,15-19,21,28,32,40H,4,8,11,14,20,22-27,29-31H2,1-3,5-6H3,(H,47,48)(H,49,54)(H,50,55)(H,56,57)/b16-15-,35-7+/t40-/m0/s1. The average molecular weight is 840 g/mol. The number of benzene rings is 2. The summed E-state index contributed by atoms with van der Waals surface area (Å²) >= 11 is 0. The van der Waals surface area contributed by atoms with Crippen molar-refractivity contribution in [1.29, 1.82) is 0 Å². The van der Waals surface area contributed by atoms with E-state index in [0.29, 0.717) is 76.9 Å². The highest BCUT2D eigenvalue weighted by atomic mass is 16.5. The molecule has 0 aliphatic carbocycles. The Labute approximate surface area is 358 Å². The Hall–Kier alpha value is -5.90. The van der Waals surface area contributed by atoms with Crippen molar-refractivity contribution in [3.8, 4) is 5.75 Å². The van der Waals surface area contributed by atoms with Gasteiger partial charge >= 0.3 is 5.97 Å². The van der Waals surface area contributed by atoms with Gasteiger partial charge in [-0.1, -0.05) is 60.4 Å². The molecule has 0 aliphatic heterocycles. The van der Waals surface area contributed by atoms with E-state index in [1.54, 1.807) is 17.0 Å². The predicted octanol–water partition coefficient (Wildman–Crippen LogP) is 6.09. The van der Waals surface area contributed by atoms with Crippen LogP contribution in [0.25, 0.3) is 16.3 Å². The molecule has 4 rings (SSSR count). The van der Waals surface area contributed by atoms with E-state index < -0.39 is 17.9 Å². The summed E-state index contributed by atoms with van der Waals surface area (Å²) < 4.78 is 25.1. The lowest BCUT2D eigenvalue weighted by molar-refractivity contribution is -0.137. The number of carboxylic acid groups (broad SMARTS) is 1. The molecule has 328 valence electrons. The minimum Gasteiger partial charge on any atom is -0.491 e. The molecule has 1 atom stereocenters. The summed E-state index contributed by atoms with van der Waals surface area (Å²) in [5, 5.41) is 28.4. The number of allylic oxidation sites excluding steroid dienone is 3. The zero-order chi connectivity index (χ0) is 44.0. The zero-order valence-electron chi connectivity index (χ0n) is 36.1. The normalized spacial score (nSPS) is 12.4. The Bertz CT molecular complexity index is 2110. The number of ether oxygens (including phenoxy) is 4. The summed E-state index contributed by atoms with van der Waals surface area (Å²) in [7, 11) is 0. The Balaban J connectivity index is 1.21. The lowest BCUT2D eigenvalue weighted by Crippen LogP contribution is -2.43. The molecule has 15 heteroatoms. The molecule has 2 amide bonds. The zero-order valence-corrected chi connectivity index (χ0v) is 36.1. The summed E-state index contributed by atoms with van der Waals surface area (Å²) in [4.78, 5) is 41.1. The van der Waals surface area contributed by atoms with Gasteiger partial charge in [0, 0.05) is 43.8 Å². The number of rotatable bonds is 28. The van der Waals surface area contributed by atoms with Crippen LogP contribution in [-0.4, -0.2) is 107 Å². The van der Waals surface area contributed by atoms with E-state index in [1.807, 2.05) is 101 Å². The molecule has 0 saturated heterocycles. The molecule has 0 radical (unpaired) electrons. The van der Waals surface area contributed by atoms with Crippen LogP contribution < -0.4 is 20.7 Å². The lowest BCUT2D eigenvalue weighted by atomic mass is 9.96. The van der Waals surface area contributed by atoms with Gasteiger partial charge in [-0.15, -0.1) is 5.10 Å². The Morgan fingerprint density at radius 3 is 2.48 bits per heavy atom. The van der Waals surface area contributed by atoms with Crippen molar-refractivity contribution in [2.24, 2.45) is 0 Å². The molecular weight excluding hydrogens is 779 g/mol. The minimum absolute atomic E-state index is 0.211. The topological polar surface area (TPSA) is 188 Å². The van der Waals surface area contributed by atoms with Gasteiger partial charge in [0.2, 0.25) is 11.8 Å². The van der Waals surface area contributed by atoms with Gasteiger partial charge in [0.05, 0.1) is 63.3 Å². The number of aliphatic carboxylic acids is 1. The number of nitrogens with one attached hydrogen (secondary N) is 3. The molecule has 2 aromatic carbocycles. The molecule has 4 aromatic rings. The van der Waals surface area contributed by atoms with E-state index in [4.69, 9.17) is 18.9 Å². The Morgan fingerprint density at radius 2 is 1.74 bits per heavy atom. The van der Waals surface area contributed by atoms with Gasteiger partial charge in [0.1, 0.15) is 18.2 Å². The van der Waals surface area contributed by atoms with Crippen LogP contribution in [-0.2, 0) is 41.6 Å². The molecule has 2 aromatic heterocycles. The van der Waals surface area contributed by atoms with E-state index >= 15 is 0 Å². The van der Waals surface area contributed by atoms with Crippen LogP contribution in [0.5, 0.6) is 5.75 Å². The van der Waals surface area contributed by atoms with Crippen LogP contribution in [0, 0.1) is 6.92 Å². The third kappa shape index (κ3) is 16.9. The van der Waals surface area contributed by atoms with E-state index in [0.717, 1.165) is 39.0 Å². The van der Waals surface area contributed by atoms with Crippen molar-refractivity contribution >= 4 is 39.9 Å². The van der Waals surface area contributed by atoms with Crippen LogP contribution in [0.3, 0.4) is 0 Å². The molecule has 0 saturated carbocycles. The van der Waals surface area contributed by atoms with E-state index in [1.165, 1.54) is 0 Å². The fourth-order valence-corrected chi connectivity index (χ4v) is 6.46. The number of amides is 2. The number of anilines is 1. The maximum Gasteiger partial charge on any atom is 0.305 e. The molecule has 15 nitrogen and oxygen atoms in total. The van der Waals surface area contributed by atoms with E-state index in [-0.39, 0.29) is 30.9 Å². The highest BCUT2D eigenvalue weighted by molar-refractivity contribution is 5.99. The molecule has 0 bridgehead atoms.